The first-order valence-corrected chi connectivity index (χ1v) is 9.45. The van der Waals surface area contributed by atoms with E-state index in [2.05, 4.69) is 42.7 Å². The fraction of sp³-hybridized carbons (Fsp3) is 1.00. The summed E-state index contributed by atoms with van der Waals surface area (Å²) in [4.78, 5) is 2.89. The summed E-state index contributed by atoms with van der Waals surface area (Å²) >= 11 is 2.21. The predicted octanol–water partition coefficient (Wildman–Crippen LogP) is 3.51. The average molecular weight is 285 g/mol. The lowest BCUT2D eigenvalue weighted by Gasteiger charge is -2.45. The van der Waals surface area contributed by atoms with Crippen molar-refractivity contribution >= 4 is 11.8 Å². The fourth-order valence-electron chi connectivity index (χ4n) is 3.91. The summed E-state index contributed by atoms with van der Waals surface area (Å²) in [7, 11) is 0. The van der Waals surface area contributed by atoms with Gasteiger partial charge in [-0.2, -0.15) is 11.8 Å². The fourth-order valence-corrected chi connectivity index (χ4v) is 5.19. The second-order valence-electron chi connectivity index (χ2n) is 6.14. The molecule has 2 rings (SSSR count). The summed E-state index contributed by atoms with van der Waals surface area (Å²) in [6.07, 6.45) is 8.27. The molecular weight excluding hydrogens is 252 g/mol. The molecule has 1 aliphatic carbocycles. The molecule has 1 N–H and O–H groups in total. The van der Waals surface area contributed by atoms with Gasteiger partial charge in [-0.1, -0.05) is 33.6 Å². The van der Waals surface area contributed by atoms with Gasteiger partial charge in [-0.15, -0.1) is 0 Å². The van der Waals surface area contributed by atoms with Crippen molar-refractivity contribution in [1.82, 2.24) is 10.2 Å². The lowest BCUT2D eigenvalue weighted by atomic mass is 10.0. The third kappa shape index (κ3) is 3.89. The molecule has 112 valence electrons. The molecule has 0 aromatic rings. The van der Waals surface area contributed by atoms with Crippen molar-refractivity contribution in [3.05, 3.63) is 0 Å². The standard InChI is InChI=1S/C16H32N2S/c1-4-8-13-12-18(14(5-2)11-17-13)15-9-7-10-16(15)19-6-3/h13-17H,4-12H2,1-3H3. The van der Waals surface area contributed by atoms with Gasteiger partial charge in [0.05, 0.1) is 0 Å². The van der Waals surface area contributed by atoms with E-state index in [-0.39, 0.29) is 0 Å². The first-order valence-electron chi connectivity index (χ1n) is 8.40. The maximum absolute atomic E-state index is 3.77. The van der Waals surface area contributed by atoms with E-state index in [0.29, 0.717) is 0 Å². The van der Waals surface area contributed by atoms with Crippen LogP contribution in [0.1, 0.15) is 59.3 Å². The van der Waals surface area contributed by atoms with E-state index in [1.165, 1.54) is 57.4 Å². The molecule has 0 bridgehead atoms. The van der Waals surface area contributed by atoms with Crippen LogP contribution in [0.5, 0.6) is 0 Å². The lowest BCUT2D eigenvalue weighted by Crippen LogP contribution is -2.60. The van der Waals surface area contributed by atoms with Crippen LogP contribution in [0.4, 0.5) is 0 Å². The molecular formula is C16H32N2S. The van der Waals surface area contributed by atoms with E-state index in [9.17, 15) is 0 Å². The molecule has 0 radical (unpaired) electrons. The molecule has 4 unspecified atom stereocenters. The van der Waals surface area contributed by atoms with Gasteiger partial charge in [-0.05, 0) is 31.4 Å². The van der Waals surface area contributed by atoms with Crippen molar-refractivity contribution in [3.8, 4) is 0 Å². The lowest BCUT2D eigenvalue weighted by molar-refractivity contribution is 0.0807. The van der Waals surface area contributed by atoms with E-state index in [4.69, 9.17) is 0 Å². The van der Waals surface area contributed by atoms with E-state index in [1.54, 1.807) is 0 Å². The molecule has 0 spiro atoms. The largest absolute Gasteiger partial charge is 0.311 e. The maximum Gasteiger partial charge on any atom is 0.0222 e. The van der Waals surface area contributed by atoms with Gasteiger partial charge in [-0.25, -0.2) is 0 Å². The van der Waals surface area contributed by atoms with E-state index >= 15 is 0 Å². The number of hydrogen-bond acceptors (Lipinski definition) is 3. The third-order valence-corrected chi connectivity index (χ3v) is 6.19. The Morgan fingerprint density at radius 1 is 1.21 bits per heavy atom. The van der Waals surface area contributed by atoms with Crippen molar-refractivity contribution < 1.29 is 0 Å². The monoisotopic (exact) mass is 284 g/mol. The zero-order chi connectivity index (χ0) is 13.7. The zero-order valence-corrected chi connectivity index (χ0v) is 13.8. The molecule has 3 heteroatoms. The molecule has 0 aromatic heterocycles. The number of piperazine rings is 1. The van der Waals surface area contributed by atoms with Crippen LogP contribution < -0.4 is 5.32 Å². The highest BCUT2D eigenvalue weighted by atomic mass is 32.2. The van der Waals surface area contributed by atoms with Crippen LogP contribution in [-0.4, -0.2) is 47.1 Å². The Bertz CT molecular complexity index is 259. The number of nitrogens with zero attached hydrogens (tertiary/aromatic N) is 1. The summed E-state index contributed by atoms with van der Waals surface area (Å²) in [5.41, 5.74) is 0. The minimum atomic E-state index is 0.737. The van der Waals surface area contributed by atoms with Crippen molar-refractivity contribution in [1.29, 1.82) is 0 Å². The Balaban J connectivity index is 2.00. The van der Waals surface area contributed by atoms with Gasteiger partial charge in [0.1, 0.15) is 0 Å². The van der Waals surface area contributed by atoms with Gasteiger partial charge in [-0.3, -0.25) is 4.90 Å². The molecule has 1 saturated carbocycles. The molecule has 19 heavy (non-hydrogen) atoms. The smallest absolute Gasteiger partial charge is 0.0222 e. The van der Waals surface area contributed by atoms with Crippen LogP contribution in [0, 0.1) is 0 Å². The van der Waals surface area contributed by atoms with E-state index in [1.807, 2.05) is 0 Å². The van der Waals surface area contributed by atoms with Crippen molar-refractivity contribution in [2.75, 3.05) is 18.8 Å². The molecule has 1 aliphatic heterocycles. The molecule has 1 heterocycles. The highest BCUT2D eigenvalue weighted by molar-refractivity contribution is 7.99. The van der Waals surface area contributed by atoms with Crippen LogP contribution >= 0.6 is 11.8 Å². The third-order valence-electron chi connectivity index (χ3n) is 4.88. The minimum Gasteiger partial charge on any atom is -0.311 e. The Hall–Kier alpha value is 0.270. The molecule has 0 aromatic carbocycles. The minimum absolute atomic E-state index is 0.737. The van der Waals surface area contributed by atoms with Crippen molar-refractivity contribution in [3.63, 3.8) is 0 Å². The average Bonchev–Trinajstić information content (AvgIpc) is 2.87. The second kappa shape index (κ2) is 7.90. The van der Waals surface area contributed by atoms with Crippen LogP contribution in [-0.2, 0) is 0 Å². The first-order chi connectivity index (χ1) is 9.30. The highest BCUT2D eigenvalue weighted by Crippen LogP contribution is 2.35. The van der Waals surface area contributed by atoms with Gasteiger partial charge in [0.25, 0.3) is 0 Å². The Morgan fingerprint density at radius 3 is 2.74 bits per heavy atom. The van der Waals surface area contributed by atoms with Gasteiger partial charge in [0, 0.05) is 36.5 Å². The van der Waals surface area contributed by atoms with Crippen LogP contribution in [0.2, 0.25) is 0 Å². The Morgan fingerprint density at radius 2 is 2.05 bits per heavy atom. The van der Waals surface area contributed by atoms with Crippen LogP contribution in [0.3, 0.4) is 0 Å². The predicted molar refractivity (Wildman–Crippen MR) is 87.0 cm³/mol. The van der Waals surface area contributed by atoms with E-state index < -0.39 is 0 Å². The SMILES string of the molecule is CCCC1CN(C2CCCC2SCC)C(CC)CN1. The summed E-state index contributed by atoms with van der Waals surface area (Å²) in [6.45, 7) is 9.48. The van der Waals surface area contributed by atoms with Crippen molar-refractivity contribution in [2.45, 2.75) is 82.7 Å². The van der Waals surface area contributed by atoms with E-state index in [0.717, 1.165) is 23.4 Å². The number of thioether (sulfide) groups is 1. The van der Waals surface area contributed by atoms with Gasteiger partial charge >= 0.3 is 0 Å². The summed E-state index contributed by atoms with van der Waals surface area (Å²) in [5.74, 6) is 1.28. The number of nitrogens with one attached hydrogen (secondary N) is 1. The maximum atomic E-state index is 3.77. The van der Waals surface area contributed by atoms with Crippen molar-refractivity contribution in [2.24, 2.45) is 0 Å². The van der Waals surface area contributed by atoms with Crippen LogP contribution in [0.15, 0.2) is 0 Å². The number of rotatable bonds is 6. The summed E-state index contributed by atoms with van der Waals surface area (Å²) < 4.78 is 0. The molecule has 2 fully saturated rings. The van der Waals surface area contributed by atoms with Crippen LogP contribution in [0.25, 0.3) is 0 Å². The first kappa shape index (κ1) is 15.7. The summed E-state index contributed by atoms with van der Waals surface area (Å²) in [6, 6.07) is 2.37. The summed E-state index contributed by atoms with van der Waals surface area (Å²) in [5, 5.41) is 4.68. The van der Waals surface area contributed by atoms with Gasteiger partial charge < -0.3 is 5.32 Å². The molecule has 4 atom stereocenters. The highest BCUT2D eigenvalue weighted by Gasteiger charge is 2.37. The molecule has 2 nitrogen and oxygen atoms in total. The second-order valence-corrected chi connectivity index (χ2v) is 7.66. The molecule has 2 aliphatic rings. The normalized spacial score (nSPS) is 36.8. The quantitative estimate of drug-likeness (QED) is 0.803. The Kier molecular flexibility index (Phi) is 6.51. The topological polar surface area (TPSA) is 15.3 Å². The van der Waals surface area contributed by atoms with Gasteiger partial charge in [0.2, 0.25) is 0 Å². The number of hydrogen-bond donors (Lipinski definition) is 1. The Labute approximate surface area is 124 Å². The molecule has 1 saturated heterocycles. The van der Waals surface area contributed by atoms with Gasteiger partial charge in [0.15, 0.2) is 0 Å². The molecule has 0 amide bonds. The zero-order valence-electron chi connectivity index (χ0n) is 13.0.